The first kappa shape index (κ1) is 14.5. The van der Waals surface area contributed by atoms with E-state index < -0.39 is 0 Å². The number of nitrogens with zero attached hydrogens (tertiary/aromatic N) is 2. The number of rotatable bonds is 2. The molecular weight excluding hydrogens is 355 g/mol. The molecule has 2 aromatic carbocycles. The maximum atomic E-state index is 13.7. The highest BCUT2D eigenvalue weighted by atomic mass is 79.9. The summed E-state index contributed by atoms with van der Waals surface area (Å²) in [5.41, 5.74) is 4.16. The van der Waals surface area contributed by atoms with Crippen molar-refractivity contribution in [2.24, 2.45) is 0 Å². The summed E-state index contributed by atoms with van der Waals surface area (Å²) in [6.07, 6.45) is 0. The number of fused-ring (bicyclic) bond motifs is 1. The minimum absolute atomic E-state index is 0.251. The van der Waals surface area contributed by atoms with Crippen LogP contribution in [0.25, 0.3) is 16.7 Å². The van der Waals surface area contributed by atoms with Crippen LogP contribution in [0.5, 0.6) is 0 Å². The van der Waals surface area contributed by atoms with E-state index in [1.54, 1.807) is 6.92 Å². The van der Waals surface area contributed by atoms with E-state index in [2.05, 4.69) is 20.9 Å². The smallest absolute Gasteiger partial charge is 0.129 e. The standard InChI is InChI=1S/C16H13BrClFN2/c1-9-6-15-13(7-12(9)19)20-16(8-18)21(15)14-5-3-4-11(17)10(14)2/h3-7H,8H2,1-2H3. The van der Waals surface area contributed by atoms with E-state index in [4.69, 9.17) is 11.6 Å². The molecule has 3 aromatic rings. The first-order valence-corrected chi connectivity index (χ1v) is 7.84. The second-order valence-electron chi connectivity index (χ2n) is 4.97. The van der Waals surface area contributed by atoms with Crippen molar-refractivity contribution in [3.8, 4) is 5.69 Å². The number of halogens is 3. The van der Waals surface area contributed by atoms with Crippen LogP contribution in [0.15, 0.2) is 34.8 Å². The zero-order chi connectivity index (χ0) is 15.1. The molecule has 21 heavy (non-hydrogen) atoms. The summed E-state index contributed by atoms with van der Waals surface area (Å²) in [7, 11) is 0. The Morgan fingerprint density at radius 3 is 2.76 bits per heavy atom. The number of imidazole rings is 1. The van der Waals surface area contributed by atoms with Crippen molar-refractivity contribution >= 4 is 38.6 Å². The Morgan fingerprint density at radius 1 is 1.29 bits per heavy atom. The highest BCUT2D eigenvalue weighted by Gasteiger charge is 2.15. The molecule has 0 spiro atoms. The van der Waals surface area contributed by atoms with Crippen molar-refractivity contribution in [3.63, 3.8) is 0 Å². The minimum Gasteiger partial charge on any atom is -0.295 e. The molecule has 108 valence electrons. The summed E-state index contributed by atoms with van der Waals surface area (Å²) in [4.78, 5) is 4.46. The van der Waals surface area contributed by atoms with Gasteiger partial charge >= 0.3 is 0 Å². The Balaban J connectivity index is 2.40. The zero-order valence-electron chi connectivity index (χ0n) is 11.6. The van der Waals surface area contributed by atoms with E-state index in [-0.39, 0.29) is 11.7 Å². The summed E-state index contributed by atoms with van der Waals surface area (Å²) in [5, 5.41) is 0. The van der Waals surface area contributed by atoms with Crippen LogP contribution >= 0.6 is 27.5 Å². The lowest BCUT2D eigenvalue weighted by molar-refractivity contribution is 0.620. The highest BCUT2D eigenvalue weighted by molar-refractivity contribution is 9.10. The van der Waals surface area contributed by atoms with Gasteiger partial charge in [0.05, 0.1) is 22.6 Å². The van der Waals surface area contributed by atoms with Gasteiger partial charge in [0, 0.05) is 10.5 Å². The number of hydrogen-bond acceptors (Lipinski definition) is 1. The molecular formula is C16H13BrClFN2. The van der Waals surface area contributed by atoms with E-state index >= 15 is 0 Å². The SMILES string of the molecule is Cc1cc2c(cc1F)nc(CCl)n2-c1cccc(Br)c1C. The third kappa shape index (κ3) is 2.36. The molecule has 0 aliphatic rings. The van der Waals surface area contributed by atoms with Gasteiger partial charge in [-0.3, -0.25) is 4.57 Å². The van der Waals surface area contributed by atoms with E-state index in [1.807, 2.05) is 35.8 Å². The normalized spacial score (nSPS) is 11.3. The molecule has 0 fully saturated rings. The Bertz CT molecular complexity index is 842. The highest BCUT2D eigenvalue weighted by Crippen LogP contribution is 2.29. The Morgan fingerprint density at radius 2 is 2.05 bits per heavy atom. The third-order valence-electron chi connectivity index (χ3n) is 3.60. The average Bonchev–Trinajstić information content (AvgIpc) is 2.80. The molecule has 0 aliphatic heterocycles. The largest absolute Gasteiger partial charge is 0.295 e. The van der Waals surface area contributed by atoms with Crippen molar-refractivity contribution in [2.45, 2.75) is 19.7 Å². The van der Waals surface area contributed by atoms with Crippen molar-refractivity contribution in [1.29, 1.82) is 0 Å². The summed E-state index contributed by atoms with van der Waals surface area (Å²) in [6.45, 7) is 3.78. The van der Waals surface area contributed by atoms with E-state index in [1.165, 1.54) is 6.07 Å². The van der Waals surface area contributed by atoms with Crippen molar-refractivity contribution in [1.82, 2.24) is 9.55 Å². The van der Waals surface area contributed by atoms with Gasteiger partial charge in [-0.25, -0.2) is 9.37 Å². The molecule has 0 aliphatic carbocycles. The van der Waals surface area contributed by atoms with Gasteiger partial charge in [-0.15, -0.1) is 11.6 Å². The molecule has 0 saturated carbocycles. The molecule has 0 N–H and O–H groups in total. The van der Waals surface area contributed by atoms with E-state index in [9.17, 15) is 4.39 Å². The van der Waals surface area contributed by atoms with Crippen LogP contribution in [0.4, 0.5) is 4.39 Å². The van der Waals surface area contributed by atoms with Gasteiger partial charge in [0.1, 0.15) is 11.6 Å². The van der Waals surface area contributed by atoms with Crippen LogP contribution in [0, 0.1) is 19.7 Å². The molecule has 0 amide bonds. The van der Waals surface area contributed by atoms with Gasteiger partial charge in [0.25, 0.3) is 0 Å². The van der Waals surface area contributed by atoms with E-state index in [0.717, 1.165) is 21.2 Å². The third-order valence-corrected chi connectivity index (χ3v) is 4.70. The topological polar surface area (TPSA) is 17.8 Å². The molecule has 1 heterocycles. The lowest BCUT2D eigenvalue weighted by Gasteiger charge is -2.12. The molecule has 0 saturated heterocycles. The van der Waals surface area contributed by atoms with Gasteiger partial charge in [-0.2, -0.15) is 0 Å². The first-order chi connectivity index (χ1) is 10.0. The van der Waals surface area contributed by atoms with Crippen LogP contribution in [-0.4, -0.2) is 9.55 Å². The Labute approximate surface area is 135 Å². The molecule has 2 nitrogen and oxygen atoms in total. The van der Waals surface area contributed by atoms with Crippen LogP contribution in [-0.2, 0) is 5.88 Å². The molecule has 3 rings (SSSR count). The summed E-state index contributed by atoms with van der Waals surface area (Å²) < 4.78 is 16.8. The summed E-state index contributed by atoms with van der Waals surface area (Å²) in [6, 6.07) is 9.24. The molecule has 0 radical (unpaired) electrons. The number of aryl methyl sites for hydroxylation is 1. The lowest BCUT2D eigenvalue weighted by atomic mass is 10.1. The zero-order valence-corrected chi connectivity index (χ0v) is 14.0. The van der Waals surface area contributed by atoms with E-state index in [0.29, 0.717) is 16.9 Å². The fourth-order valence-electron chi connectivity index (χ4n) is 2.45. The number of hydrogen-bond donors (Lipinski definition) is 0. The maximum absolute atomic E-state index is 13.7. The minimum atomic E-state index is -0.251. The molecule has 0 unspecified atom stereocenters. The van der Waals surface area contributed by atoms with Crippen LogP contribution in [0.1, 0.15) is 17.0 Å². The number of benzene rings is 2. The Kier molecular flexibility index (Phi) is 3.76. The van der Waals surface area contributed by atoms with Crippen LogP contribution in [0.3, 0.4) is 0 Å². The maximum Gasteiger partial charge on any atom is 0.129 e. The van der Waals surface area contributed by atoms with Gasteiger partial charge < -0.3 is 0 Å². The van der Waals surface area contributed by atoms with Gasteiger partial charge in [0.15, 0.2) is 0 Å². The van der Waals surface area contributed by atoms with Gasteiger partial charge in [-0.1, -0.05) is 22.0 Å². The average molecular weight is 368 g/mol. The fourth-order valence-corrected chi connectivity index (χ4v) is 2.98. The predicted molar refractivity (Wildman–Crippen MR) is 87.8 cm³/mol. The Hall–Kier alpha value is -1.39. The lowest BCUT2D eigenvalue weighted by Crippen LogP contribution is -2.02. The first-order valence-electron chi connectivity index (χ1n) is 6.52. The molecule has 0 bridgehead atoms. The molecule has 0 atom stereocenters. The fraction of sp³-hybridized carbons (Fsp3) is 0.188. The predicted octanol–water partition coefficient (Wildman–Crippen LogP) is 5.28. The monoisotopic (exact) mass is 366 g/mol. The molecule has 5 heteroatoms. The van der Waals surface area contributed by atoms with Crippen molar-refractivity contribution in [3.05, 3.63) is 57.6 Å². The van der Waals surface area contributed by atoms with Crippen molar-refractivity contribution in [2.75, 3.05) is 0 Å². The van der Waals surface area contributed by atoms with Crippen LogP contribution in [0.2, 0.25) is 0 Å². The van der Waals surface area contributed by atoms with Gasteiger partial charge in [0.2, 0.25) is 0 Å². The number of aromatic nitrogens is 2. The van der Waals surface area contributed by atoms with Crippen molar-refractivity contribution < 1.29 is 4.39 Å². The summed E-state index contributed by atoms with van der Waals surface area (Å²) in [5.74, 6) is 0.721. The second kappa shape index (κ2) is 5.43. The summed E-state index contributed by atoms with van der Waals surface area (Å²) >= 11 is 9.58. The van der Waals surface area contributed by atoms with Gasteiger partial charge in [-0.05, 0) is 43.2 Å². The second-order valence-corrected chi connectivity index (χ2v) is 6.09. The molecule has 1 aromatic heterocycles. The van der Waals surface area contributed by atoms with Crippen LogP contribution < -0.4 is 0 Å². The number of alkyl halides is 1. The quantitative estimate of drug-likeness (QED) is 0.563.